The van der Waals surface area contributed by atoms with Crippen LogP contribution >= 0.6 is 23.4 Å². The number of benzene rings is 1. The summed E-state index contributed by atoms with van der Waals surface area (Å²) in [5, 5.41) is 4.01. The molecule has 2 nitrogen and oxygen atoms in total. The topological polar surface area (TPSA) is 25.2 Å². The van der Waals surface area contributed by atoms with Crippen molar-refractivity contribution in [3.63, 3.8) is 0 Å². The maximum absolute atomic E-state index is 5.95. The Bertz CT molecular complexity index is 458. The molecule has 0 bridgehead atoms. The third-order valence-electron chi connectivity index (χ3n) is 2.45. The van der Waals surface area contributed by atoms with Gasteiger partial charge in [-0.05, 0) is 37.4 Å². The van der Waals surface area contributed by atoms with E-state index >= 15 is 0 Å². The number of rotatable bonds is 5. The molecule has 1 aromatic heterocycles. The van der Waals surface area contributed by atoms with Crippen LogP contribution in [0.4, 0.5) is 0 Å². The highest BCUT2D eigenvalue weighted by atomic mass is 35.5. The molecule has 0 saturated heterocycles. The number of furan rings is 1. The SMILES string of the molecule is CNC(CSc1cccc(Cl)c1)c1ccco1. The Morgan fingerprint density at radius 1 is 1.35 bits per heavy atom. The van der Waals surface area contributed by atoms with Crippen LogP contribution in [0.3, 0.4) is 0 Å². The van der Waals surface area contributed by atoms with Crippen molar-refractivity contribution in [2.24, 2.45) is 0 Å². The summed E-state index contributed by atoms with van der Waals surface area (Å²) in [5.41, 5.74) is 0. The summed E-state index contributed by atoms with van der Waals surface area (Å²) in [4.78, 5) is 1.17. The Hall–Kier alpha value is -0.900. The van der Waals surface area contributed by atoms with E-state index in [9.17, 15) is 0 Å². The van der Waals surface area contributed by atoms with Gasteiger partial charge in [0.2, 0.25) is 0 Å². The molecule has 0 radical (unpaired) electrons. The van der Waals surface area contributed by atoms with E-state index in [2.05, 4.69) is 11.4 Å². The molecule has 0 aliphatic carbocycles. The minimum atomic E-state index is 0.217. The zero-order chi connectivity index (χ0) is 12.1. The number of halogens is 1. The fraction of sp³-hybridized carbons (Fsp3) is 0.231. The van der Waals surface area contributed by atoms with Gasteiger partial charge in [-0.15, -0.1) is 11.8 Å². The van der Waals surface area contributed by atoms with E-state index in [1.165, 1.54) is 4.90 Å². The lowest BCUT2D eigenvalue weighted by atomic mass is 10.2. The lowest BCUT2D eigenvalue weighted by Gasteiger charge is -2.13. The molecule has 0 saturated carbocycles. The minimum absolute atomic E-state index is 0.217. The number of hydrogen-bond acceptors (Lipinski definition) is 3. The van der Waals surface area contributed by atoms with Gasteiger partial charge < -0.3 is 9.73 Å². The van der Waals surface area contributed by atoms with Gasteiger partial charge in [-0.2, -0.15) is 0 Å². The summed E-state index contributed by atoms with van der Waals surface area (Å²) in [7, 11) is 1.94. The molecule has 1 N–H and O–H groups in total. The average molecular weight is 268 g/mol. The summed E-state index contributed by atoms with van der Waals surface area (Å²) < 4.78 is 5.40. The molecule has 0 spiro atoms. The van der Waals surface area contributed by atoms with Gasteiger partial charge in [-0.3, -0.25) is 0 Å². The van der Waals surface area contributed by atoms with Crippen LogP contribution in [-0.2, 0) is 0 Å². The van der Waals surface area contributed by atoms with Crippen molar-refractivity contribution in [2.75, 3.05) is 12.8 Å². The van der Waals surface area contributed by atoms with Gasteiger partial charge in [-0.1, -0.05) is 17.7 Å². The monoisotopic (exact) mass is 267 g/mol. The van der Waals surface area contributed by atoms with Crippen LogP contribution in [0.1, 0.15) is 11.8 Å². The molecule has 1 atom stereocenters. The maximum Gasteiger partial charge on any atom is 0.121 e. The molecule has 1 aromatic carbocycles. The van der Waals surface area contributed by atoms with Gasteiger partial charge in [-0.25, -0.2) is 0 Å². The molecule has 90 valence electrons. The molecule has 0 aliphatic heterocycles. The quantitative estimate of drug-likeness (QED) is 0.830. The van der Waals surface area contributed by atoms with E-state index < -0.39 is 0 Å². The van der Waals surface area contributed by atoms with Crippen LogP contribution < -0.4 is 5.32 Å². The molecule has 0 aliphatic rings. The van der Waals surface area contributed by atoms with Gasteiger partial charge in [0.1, 0.15) is 5.76 Å². The first-order valence-electron chi connectivity index (χ1n) is 5.38. The summed E-state index contributed by atoms with van der Waals surface area (Å²) >= 11 is 7.70. The predicted octanol–water partition coefficient (Wildman–Crippen LogP) is 3.99. The third kappa shape index (κ3) is 3.53. The first-order chi connectivity index (χ1) is 8.29. The van der Waals surface area contributed by atoms with Crippen molar-refractivity contribution in [3.05, 3.63) is 53.4 Å². The second-order valence-electron chi connectivity index (χ2n) is 3.63. The van der Waals surface area contributed by atoms with E-state index in [1.54, 1.807) is 18.0 Å². The normalized spacial score (nSPS) is 12.6. The van der Waals surface area contributed by atoms with E-state index in [0.29, 0.717) is 0 Å². The number of nitrogens with one attached hydrogen (secondary N) is 1. The minimum Gasteiger partial charge on any atom is -0.468 e. The van der Waals surface area contributed by atoms with Crippen LogP contribution in [0.2, 0.25) is 5.02 Å². The predicted molar refractivity (Wildman–Crippen MR) is 72.7 cm³/mol. The number of thioether (sulfide) groups is 1. The Kier molecular flexibility index (Phi) is 4.54. The van der Waals surface area contributed by atoms with Crippen molar-refractivity contribution >= 4 is 23.4 Å². The Labute approximate surface area is 110 Å². The zero-order valence-corrected chi connectivity index (χ0v) is 11.1. The highest BCUT2D eigenvalue weighted by molar-refractivity contribution is 7.99. The third-order valence-corrected chi connectivity index (χ3v) is 3.77. The van der Waals surface area contributed by atoms with Crippen molar-refractivity contribution < 1.29 is 4.42 Å². The Morgan fingerprint density at radius 2 is 2.24 bits per heavy atom. The average Bonchev–Trinajstić information content (AvgIpc) is 2.84. The largest absolute Gasteiger partial charge is 0.468 e. The first kappa shape index (κ1) is 12.6. The van der Waals surface area contributed by atoms with Crippen molar-refractivity contribution in [1.82, 2.24) is 5.32 Å². The molecule has 2 rings (SSSR count). The summed E-state index contributed by atoms with van der Waals surface area (Å²) in [6, 6.07) is 12.0. The van der Waals surface area contributed by atoms with E-state index in [4.69, 9.17) is 16.0 Å². The van der Waals surface area contributed by atoms with E-state index in [-0.39, 0.29) is 6.04 Å². The summed E-state index contributed by atoms with van der Waals surface area (Å²) in [5.74, 6) is 1.87. The van der Waals surface area contributed by atoms with Gasteiger partial charge in [0.05, 0.1) is 12.3 Å². The standard InChI is InChI=1S/C13H14ClNOS/c1-15-12(13-6-3-7-16-13)9-17-11-5-2-4-10(14)8-11/h2-8,12,15H,9H2,1H3. The number of hydrogen-bond donors (Lipinski definition) is 1. The first-order valence-corrected chi connectivity index (χ1v) is 6.75. The summed E-state index contributed by atoms with van der Waals surface area (Å²) in [6.07, 6.45) is 1.70. The van der Waals surface area contributed by atoms with Gasteiger partial charge in [0, 0.05) is 15.7 Å². The lowest BCUT2D eigenvalue weighted by molar-refractivity contribution is 0.453. The molecular weight excluding hydrogens is 254 g/mol. The van der Waals surface area contributed by atoms with E-state index in [1.807, 2.05) is 37.4 Å². The summed E-state index contributed by atoms with van der Waals surface area (Å²) in [6.45, 7) is 0. The zero-order valence-electron chi connectivity index (χ0n) is 9.52. The van der Waals surface area contributed by atoms with Crippen LogP contribution in [0.25, 0.3) is 0 Å². The molecule has 0 fully saturated rings. The van der Waals surface area contributed by atoms with Gasteiger partial charge in [0.15, 0.2) is 0 Å². The molecule has 17 heavy (non-hydrogen) atoms. The van der Waals surface area contributed by atoms with Crippen molar-refractivity contribution in [3.8, 4) is 0 Å². The Balaban J connectivity index is 1.97. The molecule has 0 amide bonds. The fourth-order valence-corrected chi connectivity index (χ4v) is 2.86. The lowest BCUT2D eigenvalue weighted by Crippen LogP contribution is -2.17. The second-order valence-corrected chi connectivity index (χ2v) is 5.15. The van der Waals surface area contributed by atoms with Crippen LogP contribution in [0.5, 0.6) is 0 Å². The molecule has 1 unspecified atom stereocenters. The Morgan fingerprint density at radius 3 is 2.88 bits per heavy atom. The maximum atomic E-state index is 5.95. The highest BCUT2D eigenvalue weighted by Crippen LogP contribution is 2.26. The molecular formula is C13H14ClNOS. The van der Waals surface area contributed by atoms with Gasteiger partial charge >= 0.3 is 0 Å². The molecule has 2 aromatic rings. The van der Waals surface area contributed by atoms with Crippen molar-refractivity contribution in [2.45, 2.75) is 10.9 Å². The van der Waals surface area contributed by atoms with Gasteiger partial charge in [0.25, 0.3) is 0 Å². The second kappa shape index (κ2) is 6.15. The van der Waals surface area contributed by atoms with Crippen LogP contribution in [0.15, 0.2) is 52.0 Å². The fourth-order valence-electron chi connectivity index (χ4n) is 1.53. The molecule has 1 heterocycles. The van der Waals surface area contributed by atoms with Crippen LogP contribution in [-0.4, -0.2) is 12.8 Å². The van der Waals surface area contributed by atoms with Crippen molar-refractivity contribution in [1.29, 1.82) is 0 Å². The van der Waals surface area contributed by atoms with E-state index in [0.717, 1.165) is 16.5 Å². The highest BCUT2D eigenvalue weighted by Gasteiger charge is 2.12. The van der Waals surface area contributed by atoms with Crippen LogP contribution in [0, 0.1) is 0 Å². The molecule has 4 heteroatoms. The smallest absolute Gasteiger partial charge is 0.121 e.